The van der Waals surface area contributed by atoms with E-state index in [1.807, 2.05) is 12.1 Å². The largest absolute Gasteiger partial charge is 0.339 e. The van der Waals surface area contributed by atoms with Crippen LogP contribution in [0, 0.1) is 17.2 Å². The number of hydrogen-bond acceptors (Lipinski definition) is 3. The third-order valence-corrected chi connectivity index (χ3v) is 4.99. The van der Waals surface area contributed by atoms with Crippen LogP contribution in [-0.4, -0.2) is 24.0 Å². The Morgan fingerprint density at radius 1 is 1.38 bits per heavy atom. The Morgan fingerprint density at radius 2 is 2.12 bits per heavy atom. The van der Waals surface area contributed by atoms with Gasteiger partial charge in [0.2, 0.25) is 5.91 Å². The first kappa shape index (κ1) is 16.7. The molecule has 3 rings (SSSR count). The smallest absolute Gasteiger partial charge is 0.238 e. The van der Waals surface area contributed by atoms with Crippen LogP contribution in [0.3, 0.4) is 0 Å². The topological polar surface area (TPSA) is 64.9 Å². The zero-order valence-corrected chi connectivity index (χ0v) is 14.4. The maximum Gasteiger partial charge on any atom is 0.238 e. The molecule has 1 amide bonds. The number of hydrogen-bond donors (Lipinski definition) is 2. The van der Waals surface area contributed by atoms with Crippen LogP contribution in [0.1, 0.15) is 44.2 Å². The molecular formula is C20H25N3O. The minimum Gasteiger partial charge on any atom is -0.339 e. The lowest BCUT2D eigenvalue weighted by molar-refractivity contribution is -0.124. The summed E-state index contributed by atoms with van der Waals surface area (Å²) in [4.78, 5) is 12.4. The highest BCUT2D eigenvalue weighted by molar-refractivity contribution is 5.83. The van der Waals surface area contributed by atoms with Gasteiger partial charge >= 0.3 is 0 Å². The van der Waals surface area contributed by atoms with Crippen LogP contribution in [0.5, 0.6) is 0 Å². The van der Waals surface area contributed by atoms with Gasteiger partial charge in [0.15, 0.2) is 0 Å². The molecule has 126 valence electrons. The van der Waals surface area contributed by atoms with Crippen molar-refractivity contribution in [2.75, 3.05) is 0 Å². The van der Waals surface area contributed by atoms with Gasteiger partial charge in [0.05, 0.1) is 12.1 Å². The summed E-state index contributed by atoms with van der Waals surface area (Å²) in [6.07, 6.45) is 6.06. The van der Waals surface area contributed by atoms with Gasteiger partial charge in [-0.15, -0.1) is 0 Å². The quantitative estimate of drug-likeness (QED) is 0.876. The minimum absolute atomic E-state index is 0.0186. The van der Waals surface area contributed by atoms with E-state index in [-0.39, 0.29) is 11.9 Å². The molecule has 1 aliphatic heterocycles. The number of nitrogens with zero attached hydrogens (tertiary/aromatic N) is 1. The minimum atomic E-state index is -0.479. The highest BCUT2D eigenvalue weighted by atomic mass is 16.2. The maximum atomic E-state index is 12.4. The molecule has 2 fully saturated rings. The molecule has 3 unspecified atom stereocenters. The maximum absolute atomic E-state index is 12.4. The van der Waals surface area contributed by atoms with Crippen molar-refractivity contribution in [3.05, 3.63) is 41.0 Å². The second kappa shape index (κ2) is 7.19. The summed E-state index contributed by atoms with van der Waals surface area (Å²) in [6.45, 7) is 4.14. The molecule has 0 radical (unpaired) electrons. The number of amides is 1. The first-order valence-corrected chi connectivity index (χ1v) is 8.75. The summed E-state index contributed by atoms with van der Waals surface area (Å²) in [7, 11) is 0. The third kappa shape index (κ3) is 3.85. The van der Waals surface area contributed by atoms with Crippen molar-refractivity contribution >= 4 is 12.0 Å². The Hall–Kier alpha value is -2.12. The van der Waals surface area contributed by atoms with E-state index in [1.165, 1.54) is 12.0 Å². The molecule has 1 saturated heterocycles. The first-order chi connectivity index (χ1) is 11.5. The zero-order chi connectivity index (χ0) is 17.1. The molecule has 4 heteroatoms. The molecule has 4 nitrogen and oxygen atoms in total. The molecule has 2 bridgehead atoms. The molecule has 0 aromatic heterocycles. The second-order valence-electron chi connectivity index (χ2n) is 7.27. The summed E-state index contributed by atoms with van der Waals surface area (Å²) in [6, 6.07) is 10.3. The van der Waals surface area contributed by atoms with Crippen molar-refractivity contribution in [1.29, 1.82) is 5.26 Å². The number of carbonyl (C=O) groups is 1. The fourth-order valence-corrected chi connectivity index (χ4v) is 3.86. The number of nitriles is 1. The summed E-state index contributed by atoms with van der Waals surface area (Å²) in [5.41, 5.74) is 3.47. The number of fused-ring (bicyclic) bond motifs is 2. The molecule has 4 atom stereocenters. The summed E-state index contributed by atoms with van der Waals surface area (Å²) < 4.78 is 0. The van der Waals surface area contributed by atoms with E-state index >= 15 is 0 Å². The molecular weight excluding hydrogens is 298 g/mol. The van der Waals surface area contributed by atoms with Gasteiger partial charge in [0.25, 0.3) is 0 Å². The Bertz CT molecular complexity index is 667. The van der Waals surface area contributed by atoms with E-state index in [0.717, 1.165) is 24.0 Å². The highest BCUT2D eigenvalue weighted by Gasteiger charge is 2.42. The molecule has 2 aliphatic rings. The lowest BCUT2D eigenvalue weighted by Gasteiger charge is -2.23. The number of nitrogens with one attached hydrogen (secondary N) is 2. The Balaban J connectivity index is 1.57. The van der Waals surface area contributed by atoms with Crippen LogP contribution < -0.4 is 10.6 Å². The number of carbonyl (C=O) groups excluding carboxylic acids is 1. The normalized spacial score (nSPS) is 25.8. The SMILES string of the molecule is CC(C)=Cc1ccc(C[C@@H](C#N)NC(=O)C2NC3CCC2C3)cc1. The van der Waals surface area contributed by atoms with Crippen LogP contribution in [0.15, 0.2) is 29.8 Å². The van der Waals surface area contributed by atoms with E-state index in [1.54, 1.807) is 0 Å². The molecule has 24 heavy (non-hydrogen) atoms. The van der Waals surface area contributed by atoms with Gasteiger partial charge < -0.3 is 10.6 Å². The van der Waals surface area contributed by atoms with Gasteiger partial charge in [-0.25, -0.2) is 0 Å². The Morgan fingerprint density at radius 3 is 2.67 bits per heavy atom. The van der Waals surface area contributed by atoms with Crippen molar-refractivity contribution in [2.24, 2.45) is 5.92 Å². The van der Waals surface area contributed by atoms with Crippen LogP contribution in [0.25, 0.3) is 6.08 Å². The average molecular weight is 323 g/mol. The fraction of sp³-hybridized carbons (Fsp3) is 0.500. The molecule has 1 aromatic rings. The molecule has 0 spiro atoms. The molecule has 1 heterocycles. The average Bonchev–Trinajstić information content (AvgIpc) is 3.18. The van der Waals surface area contributed by atoms with E-state index < -0.39 is 6.04 Å². The summed E-state index contributed by atoms with van der Waals surface area (Å²) >= 11 is 0. The van der Waals surface area contributed by atoms with Gasteiger partial charge in [-0.3, -0.25) is 4.79 Å². The number of allylic oxidation sites excluding steroid dienone is 1. The molecule has 2 N–H and O–H groups in total. The van der Waals surface area contributed by atoms with Crippen molar-refractivity contribution < 1.29 is 4.79 Å². The van der Waals surface area contributed by atoms with E-state index in [4.69, 9.17) is 0 Å². The summed E-state index contributed by atoms with van der Waals surface area (Å²) in [5, 5.41) is 15.7. The summed E-state index contributed by atoms with van der Waals surface area (Å²) in [5.74, 6) is 0.424. The van der Waals surface area contributed by atoms with Gasteiger partial charge in [-0.1, -0.05) is 35.9 Å². The van der Waals surface area contributed by atoms with Gasteiger partial charge in [0, 0.05) is 12.5 Å². The lowest BCUT2D eigenvalue weighted by Crippen LogP contribution is -2.50. The van der Waals surface area contributed by atoms with Crippen LogP contribution >= 0.6 is 0 Å². The Labute approximate surface area is 143 Å². The monoisotopic (exact) mass is 323 g/mol. The predicted octanol–water partition coefficient (Wildman–Crippen LogP) is 2.80. The number of piperidine rings is 1. The van der Waals surface area contributed by atoms with E-state index in [0.29, 0.717) is 18.4 Å². The molecule has 1 saturated carbocycles. The first-order valence-electron chi connectivity index (χ1n) is 8.75. The van der Waals surface area contributed by atoms with E-state index in [9.17, 15) is 10.1 Å². The van der Waals surface area contributed by atoms with Crippen molar-refractivity contribution in [1.82, 2.24) is 10.6 Å². The van der Waals surface area contributed by atoms with Crippen LogP contribution in [0.4, 0.5) is 0 Å². The highest BCUT2D eigenvalue weighted by Crippen LogP contribution is 2.35. The standard InChI is InChI=1S/C20H25N3O/c1-13(2)9-14-3-5-15(6-4-14)10-18(12-21)23-20(24)19-16-7-8-17(11-16)22-19/h3-6,9,16-19,22H,7-8,10-11H2,1-2H3,(H,23,24)/t16?,17?,18-,19?/m0/s1. The zero-order valence-electron chi connectivity index (χ0n) is 14.4. The van der Waals surface area contributed by atoms with Crippen molar-refractivity contribution in [2.45, 2.75) is 57.7 Å². The van der Waals surface area contributed by atoms with Crippen LogP contribution in [-0.2, 0) is 11.2 Å². The number of benzene rings is 1. The number of rotatable bonds is 5. The third-order valence-electron chi connectivity index (χ3n) is 4.99. The van der Waals surface area contributed by atoms with Crippen molar-refractivity contribution in [3.63, 3.8) is 0 Å². The van der Waals surface area contributed by atoms with E-state index in [2.05, 4.69) is 48.8 Å². The van der Waals surface area contributed by atoms with Crippen LogP contribution in [0.2, 0.25) is 0 Å². The van der Waals surface area contributed by atoms with Gasteiger partial charge in [-0.2, -0.15) is 5.26 Å². The molecule has 1 aliphatic carbocycles. The second-order valence-corrected chi connectivity index (χ2v) is 7.27. The van der Waals surface area contributed by atoms with Gasteiger partial charge in [0.1, 0.15) is 6.04 Å². The Kier molecular flexibility index (Phi) is 5.01. The van der Waals surface area contributed by atoms with Crippen molar-refractivity contribution in [3.8, 4) is 6.07 Å². The fourth-order valence-electron chi connectivity index (χ4n) is 3.86. The van der Waals surface area contributed by atoms with Gasteiger partial charge in [-0.05, 0) is 50.2 Å². The molecule has 1 aromatic carbocycles. The lowest BCUT2D eigenvalue weighted by atomic mass is 9.98. The predicted molar refractivity (Wildman–Crippen MR) is 95.1 cm³/mol.